The third kappa shape index (κ3) is 4.33. The van der Waals surface area contributed by atoms with Crippen molar-refractivity contribution in [3.63, 3.8) is 0 Å². The molecule has 0 radical (unpaired) electrons. The summed E-state index contributed by atoms with van der Waals surface area (Å²) in [6, 6.07) is 0. The third-order valence-corrected chi connectivity index (χ3v) is 1.83. The van der Waals surface area contributed by atoms with E-state index in [0.29, 0.717) is 6.92 Å². The second-order valence-electron chi connectivity index (χ2n) is 3.29. The fourth-order valence-electron chi connectivity index (χ4n) is 0.716. The van der Waals surface area contributed by atoms with Crippen molar-refractivity contribution in [3.8, 4) is 0 Å². The molecule has 0 aromatic rings. The van der Waals surface area contributed by atoms with Gasteiger partial charge in [-0.1, -0.05) is 0 Å². The second-order valence-corrected chi connectivity index (χ2v) is 3.29. The van der Waals surface area contributed by atoms with Crippen LogP contribution in [-0.4, -0.2) is 49.1 Å². The smallest absolute Gasteiger partial charge is 0.394 e. The zero-order valence-corrected chi connectivity index (χ0v) is 8.80. The Morgan fingerprint density at radius 1 is 1.44 bits per heavy atom. The molecule has 8 heteroatoms. The molecule has 0 aromatic carbocycles. The van der Waals surface area contributed by atoms with Gasteiger partial charge in [-0.05, 0) is 6.92 Å². The maximum Gasteiger partial charge on any atom is 0.415 e. The van der Waals surface area contributed by atoms with E-state index in [0.717, 1.165) is 0 Å². The molecule has 1 atom stereocenters. The Hall–Kier alpha value is -0.860. The topological polar surface area (TPSA) is 84.6 Å². The second kappa shape index (κ2) is 6.02. The number of rotatable bonds is 6. The number of amides is 1. The van der Waals surface area contributed by atoms with Gasteiger partial charge in [-0.25, -0.2) is 0 Å². The minimum absolute atomic E-state index is 0.0141. The summed E-state index contributed by atoms with van der Waals surface area (Å²) < 4.78 is 41.5. The molecule has 0 aliphatic heterocycles. The van der Waals surface area contributed by atoms with Crippen molar-refractivity contribution in [2.45, 2.75) is 18.6 Å². The average Bonchev–Trinajstić information content (AvgIpc) is 2.15. The van der Waals surface area contributed by atoms with Crippen LogP contribution in [0.5, 0.6) is 0 Å². The Balaban J connectivity index is 3.98. The number of hydrogen-bond donors (Lipinski definition) is 3. The number of nitrogens with two attached hydrogens (primary N) is 1. The highest BCUT2D eigenvalue weighted by Gasteiger charge is 2.53. The van der Waals surface area contributed by atoms with Crippen LogP contribution in [0.15, 0.2) is 0 Å². The summed E-state index contributed by atoms with van der Waals surface area (Å²) in [5.74, 6) is -1.31. The molecule has 4 N–H and O–H groups in total. The summed E-state index contributed by atoms with van der Waals surface area (Å²) in [6.07, 6.45) is -4.80. The van der Waals surface area contributed by atoms with E-state index in [1.807, 2.05) is 5.32 Å². The van der Waals surface area contributed by atoms with Gasteiger partial charge in [-0.2, -0.15) is 13.2 Å². The lowest BCUT2D eigenvalue weighted by atomic mass is 10.0. The molecule has 0 rings (SSSR count). The number of aliphatic hydroxyl groups is 1. The monoisotopic (exact) mass is 244 g/mol. The molecule has 16 heavy (non-hydrogen) atoms. The molecule has 0 bridgehead atoms. The molecule has 0 heterocycles. The fourth-order valence-corrected chi connectivity index (χ4v) is 0.716. The standard InChI is InChI=1S/C8H15F3N2O3/c1-7(12,8(9,10)11)6(15)13-2-4-16-5-3-14/h14H,2-5,12H2,1H3,(H,13,15). The lowest BCUT2D eigenvalue weighted by molar-refractivity contribution is -0.187. The van der Waals surface area contributed by atoms with E-state index in [1.165, 1.54) is 0 Å². The minimum Gasteiger partial charge on any atom is -0.394 e. The number of carbonyl (C=O) groups is 1. The molecule has 0 saturated heterocycles. The van der Waals surface area contributed by atoms with Gasteiger partial charge in [0.15, 0.2) is 5.54 Å². The van der Waals surface area contributed by atoms with Crippen molar-refractivity contribution >= 4 is 5.91 Å². The SMILES string of the molecule is CC(N)(C(=O)NCCOCCO)C(F)(F)F. The molecule has 0 aromatic heterocycles. The van der Waals surface area contributed by atoms with Crippen LogP contribution in [0, 0.1) is 0 Å². The van der Waals surface area contributed by atoms with Crippen molar-refractivity contribution in [1.82, 2.24) is 5.32 Å². The maximum absolute atomic E-state index is 12.3. The molecule has 0 spiro atoms. The number of alkyl halides is 3. The first kappa shape index (κ1) is 15.1. The van der Waals surface area contributed by atoms with Gasteiger partial charge in [-0.3, -0.25) is 4.79 Å². The maximum atomic E-state index is 12.3. The summed E-state index contributed by atoms with van der Waals surface area (Å²) in [4.78, 5) is 11.1. The van der Waals surface area contributed by atoms with Crippen LogP contribution in [-0.2, 0) is 9.53 Å². The Kier molecular flexibility index (Phi) is 5.70. The summed E-state index contributed by atoms with van der Waals surface area (Å²) >= 11 is 0. The van der Waals surface area contributed by atoms with E-state index in [1.54, 1.807) is 0 Å². The van der Waals surface area contributed by atoms with Gasteiger partial charge in [0.2, 0.25) is 5.91 Å². The Labute approximate surface area is 90.7 Å². The molecule has 5 nitrogen and oxygen atoms in total. The van der Waals surface area contributed by atoms with E-state index >= 15 is 0 Å². The molecule has 0 aliphatic rings. The number of halogens is 3. The highest BCUT2D eigenvalue weighted by atomic mass is 19.4. The van der Waals surface area contributed by atoms with Gasteiger partial charge in [-0.15, -0.1) is 0 Å². The van der Waals surface area contributed by atoms with Crippen LogP contribution in [0.2, 0.25) is 0 Å². The van der Waals surface area contributed by atoms with Crippen LogP contribution >= 0.6 is 0 Å². The molecule has 0 aliphatic carbocycles. The predicted octanol–water partition coefficient (Wildman–Crippen LogP) is -0.609. The van der Waals surface area contributed by atoms with Crippen molar-refractivity contribution in [2.75, 3.05) is 26.4 Å². The Bertz CT molecular complexity index is 231. The average molecular weight is 244 g/mol. The fraction of sp³-hybridized carbons (Fsp3) is 0.875. The van der Waals surface area contributed by atoms with Gasteiger partial charge >= 0.3 is 6.18 Å². The zero-order valence-electron chi connectivity index (χ0n) is 8.80. The van der Waals surface area contributed by atoms with Gasteiger partial charge in [0.1, 0.15) is 0 Å². The molecule has 96 valence electrons. The van der Waals surface area contributed by atoms with Crippen LogP contribution in [0.1, 0.15) is 6.92 Å². The summed E-state index contributed by atoms with van der Waals surface area (Å²) in [6.45, 7) is 0.388. The molecular weight excluding hydrogens is 229 g/mol. The van der Waals surface area contributed by atoms with E-state index in [4.69, 9.17) is 15.6 Å². The Morgan fingerprint density at radius 3 is 2.44 bits per heavy atom. The van der Waals surface area contributed by atoms with Gasteiger partial charge in [0.05, 0.1) is 19.8 Å². The highest BCUT2D eigenvalue weighted by molar-refractivity contribution is 5.86. The van der Waals surface area contributed by atoms with E-state index in [-0.39, 0.29) is 26.4 Å². The summed E-state index contributed by atoms with van der Waals surface area (Å²) in [5, 5.41) is 10.3. The zero-order chi connectivity index (χ0) is 12.8. The van der Waals surface area contributed by atoms with Crippen LogP contribution < -0.4 is 11.1 Å². The van der Waals surface area contributed by atoms with Gasteiger partial charge in [0, 0.05) is 6.54 Å². The number of ether oxygens (including phenoxy) is 1. The van der Waals surface area contributed by atoms with Gasteiger partial charge < -0.3 is 20.9 Å². The van der Waals surface area contributed by atoms with Crippen LogP contribution in [0.3, 0.4) is 0 Å². The number of nitrogens with one attached hydrogen (secondary N) is 1. The number of hydrogen-bond acceptors (Lipinski definition) is 4. The van der Waals surface area contributed by atoms with Crippen molar-refractivity contribution in [3.05, 3.63) is 0 Å². The summed E-state index contributed by atoms with van der Waals surface area (Å²) in [7, 11) is 0. The first-order valence-electron chi connectivity index (χ1n) is 4.56. The quantitative estimate of drug-likeness (QED) is 0.544. The van der Waals surface area contributed by atoms with Gasteiger partial charge in [0.25, 0.3) is 0 Å². The molecule has 0 fully saturated rings. The molecule has 0 saturated carbocycles. The minimum atomic E-state index is -4.80. The van der Waals surface area contributed by atoms with E-state index in [2.05, 4.69) is 0 Å². The Morgan fingerprint density at radius 2 is 2.00 bits per heavy atom. The molecule has 1 amide bonds. The van der Waals surface area contributed by atoms with Crippen molar-refractivity contribution in [1.29, 1.82) is 0 Å². The molecular formula is C8H15F3N2O3. The van der Waals surface area contributed by atoms with E-state index in [9.17, 15) is 18.0 Å². The number of carbonyl (C=O) groups excluding carboxylic acids is 1. The predicted molar refractivity (Wildman–Crippen MR) is 49.6 cm³/mol. The molecule has 1 unspecified atom stereocenters. The third-order valence-electron chi connectivity index (χ3n) is 1.83. The van der Waals surface area contributed by atoms with Crippen LogP contribution in [0.25, 0.3) is 0 Å². The number of aliphatic hydroxyl groups excluding tert-OH is 1. The van der Waals surface area contributed by atoms with Crippen molar-refractivity contribution in [2.24, 2.45) is 5.73 Å². The van der Waals surface area contributed by atoms with Crippen molar-refractivity contribution < 1.29 is 27.8 Å². The highest BCUT2D eigenvalue weighted by Crippen LogP contribution is 2.27. The first-order chi connectivity index (χ1) is 7.23. The summed E-state index contributed by atoms with van der Waals surface area (Å²) in [5.41, 5.74) is 1.95. The normalized spacial score (nSPS) is 15.6. The lowest BCUT2D eigenvalue weighted by Crippen LogP contribution is -2.61. The van der Waals surface area contributed by atoms with E-state index < -0.39 is 17.6 Å². The largest absolute Gasteiger partial charge is 0.415 e. The van der Waals surface area contributed by atoms with Crippen LogP contribution in [0.4, 0.5) is 13.2 Å². The lowest BCUT2D eigenvalue weighted by Gasteiger charge is -2.26. The first-order valence-corrected chi connectivity index (χ1v) is 4.56.